The molecule has 0 spiro atoms. The number of benzene rings is 1. The first-order chi connectivity index (χ1) is 7.02. The molecule has 0 aromatic heterocycles. The van der Waals surface area contributed by atoms with E-state index in [1.54, 1.807) is 18.2 Å². The third kappa shape index (κ3) is 3.70. The number of carbonyl (C=O) groups excluding carboxylic acids is 1. The summed E-state index contributed by atoms with van der Waals surface area (Å²) >= 11 is 11.6. The lowest BCUT2D eigenvalue weighted by molar-refractivity contribution is -0.142. The van der Waals surface area contributed by atoms with Crippen LogP contribution in [0.4, 0.5) is 0 Å². The van der Waals surface area contributed by atoms with Crippen molar-refractivity contribution in [3.8, 4) is 0 Å². The molecule has 82 valence electrons. The summed E-state index contributed by atoms with van der Waals surface area (Å²) < 4.78 is 4.51. The minimum atomic E-state index is -0.690. The number of carbonyl (C=O) groups is 1. The first-order valence-electron chi connectivity index (χ1n) is 4.31. The van der Waals surface area contributed by atoms with Gasteiger partial charge in [-0.1, -0.05) is 23.2 Å². The standard InChI is InChI=1S/C10H11Cl2NO2/c1-15-10(14)9(13)4-6-2-7(11)5-8(12)3-6/h2-3,5,9H,4,13H2,1H3/t9-/m1/s1. The quantitative estimate of drug-likeness (QED) is 0.832. The Morgan fingerprint density at radius 3 is 2.40 bits per heavy atom. The van der Waals surface area contributed by atoms with Crippen LogP contribution in [0.5, 0.6) is 0 Å². The van der Waals surface area contributed by atoms with Crippen molar-refractivity contribution in [1.82, 2.24) is 0 Å². The zero-order valence-corrected chi connectivity index (χ0v) is 9.68. The number of hydrogen-bond donors (Lipinski definition) is 1. The van der Waals surface area contributed by atoms with Gasteiger partial charge in [0.25, 0.3) is 0 Å². The van der Waals surface area contributed by atoms with E-state index >= 15 is 0 Å². The second-order valence-corrected chi connectivity index (χ2v) is 3.98. The maximum absolute atomic E-state index is 11.1. The van der Waals surface area contributed by atoms with Crippen LogP contribution in [0.3, 0.4) is 0 Å². The van der Waals surface area contributed by atoms with Gasteiger partial charge in [0.15, 0.2) is 0 Å². The molecule has 2 N–H and O–H groups in total. The van der Waals surface area contributed by atoms with Gasteiger partial charge in [-0.05, 0) is 30.2 Å². The summed E-state index contributed by atoms with van der Waals surface area (Å²) in [4.78, 5) is 11.1. The number of hydrogen-bond acceptors (Lipinski definition) is 3. The minimum absolute atomic E-state index is 0.354. The monoisotopic (exact) mass is 247 g/mol. The Hall–Kier alpha value is -0.770. The van der Waals surface area contributed by atoms with Crippen molar-refractivity contribution in [2.24, 2.45) is 5.73 Å². The highest BCUT2D eigenvalue weighted by Gasteiger charge is 2.14. The fourth-order valence-electron chi connectivity index (χ4n) is 1.22. The molecule has 1 aromatic rings. The molecule has 0 radical (unpaired) electrons. The van der Waals surface area contributed by atoms with Crippen LogP contribution in [0.2, 0.25) is 10.0 Å². The second-order valence-electron chi connectivity index (χ2n) is 3.11. The molecular formula is C10H11Cl2NO2. The molecule has 0 saturated heterocycles. The Morgan fingerprint density at radius 1 is 1.40 bits per heavy atom. The van der Waals surface area contributed by atoms with Crippen LogP contribution >= 0.6 is 23.2 Å². The van der Waals surface area contributed by atoms with E-state index in [4.69, 9.17) is 28.9 Å². The number of ether oxygens (including phenoxy) is 1. The van der Waals surface area contributed by atoms with Crippen molar-refractivity contribution in [3.63, 3.8) is 0 Å². The van der Waals surface area contributed by atoms with Gasteiger partial charge in [0.2, 0.25) is 0 Å². The molecule has 0 unspecified atom stereocenters. The normalized spacial score (nSPS) is 12.3. The van der Waals surface area contributed by atoms with Crippen molar-refractivity contribution < 1.29 is 9.53 Å². The molecule has 0 fully saturated rings. The van der Waals surface area contributed by atoms with Gasteiger partial charge in [-0.15, -0.1) is 0 Å². The summed E-state index contributed by atoms with van der Waals surface area (Å²) in [7, 11) is 1.30. The smallest absolute Gasteiger partial charge is 0.322 e. The minimum Gasteiger partial charge on any atom is -0.468 e. The maximum Gasteiger partial charge on any atom is 0.322 e. The predicted molar refractivity (Wildman–Crippen MR) is 60.2 cm³/mol. The van der Waals surface area contributed by atoms with Gasteiger partial charge in [0.1, 0.15) is 6.04 Å². The molecule has 15 heavy (non-hydrogen) atoms. The molecule has 0 saturated carbocycles. The molecular weight excluding hydrogens is 237 g/mol. The molecule has 0 heterocycles. The number of esters is 1. The lowest BCUT2D eigenvalue weighted by Crippen LogP contribution is -2.33. The van der Waals surface area contributed by atoms with Crippen LogP contribution in [-0.2, 0) is 16.0 Å². The molecule has 0 amide bonds. The second kappa shape index (κ2) is 5.35. The molecule has 0 aliphatic carbocycles. The van der Waals surface area contributed by atoms with Crippen molar-refractivity contribution in [3.05, 3.63) is 33.8 Å². The molecule has 0 aliphatic rings. The molecule has 5 heteroatoms. The number of methoxy groups -OCH3 is 1. The molecule has 0 bridgehead atoms. The molecule has 1 atom stereocenters. The summed E-state index contributed by atoms with van der Waals surface area (Å²) in [5, 5.41) is 1.05. The van der Waals surface area contributed by atoms with Crippen LogP contribution < -0.4 is 5.73 Å². The molecule has 1 aromatic carbocycles. The summed E-state index contributed by atoms with van der Waals surface area (Å²) in [6.07, 6.45) is 0.354. The average molecular weight is 248 g/mol. The lowest BCUT2D eigenvalue weighted by atomic mass is 10.1. The molecule has 3 nitrogen and oxygen atoms in total. The van der Waals surface area contributed by atoms with Gasteiger partial charge in [0, 0.05) is 10.0 Å². The zero-order valence-electron chi connectivity index (χ0n) is 8.17. The van der Waals surface area contributed by atoms with Gasteiger partial charge in [-0.3, -0.25) is 4.79 Å². The maximum atomic E-state index is 11.1. The Kier molecular flexibility index (Phi) is 4.39. The van der Waals surface area contributed by atoms with E-state index in [0.717, 1.165) is 5.56 Å². The highest BCUT2D eigenvalue weighted by Crippen LogP contribution is 2.19. The SMILES string of the molecule is COC(=O)[C@H](N)Cc1cc(Cl)cc(Cl)c1. The highest BCUT2D eigenvalue weighted by atomic mass is 35.5. The summed E-state index contributed by atoms with van der Waals surface area (Å²) in [5.74, 6) is -0.453. The molecule has 1 rings (SSSR count). The fraction of sp³-hybridized carbons (Fsp3) is 0.300. The van der Waals surface area contributed by atoms with E-state index in [1.165, 1.54) is 7.11 Å². The van der Waals surface area contributed by atoms with Crippen LogP contribution in [0.1, 0.15) is 5.56 Å². The van der Waals surface area contributed by atoms with Crippen LogP contribution in [0.25, 0.3) is 0 Å². The van der Waals surface area contributed by atoms with Gasteiger partial charge in [0.05, 0.1) is 7.11 Å². The van der Waals surface area contributed by atoms with Gasteiger partial charge >= 0.3 is 5.97 Å². The van der Waals surface area contributed by atoms with Crippen LogP contribution in [-0.4, -0.2) is 19.1 Å². The van der Waals surface area contributed by atoms with E-state index < -0.39 is 12.0 Å². The van der Waals surface area contributed by atoms with Crippen molar-refractivity contribution in [2.45, 2.75) is 12.5 Å². The Morgan fingerprint density at radius 2 is 1.93 bits per heavy atom. The largest absolute Gasteiger partial charge is 0.468 e. The Bertz CT molecular complexity index is 348. The van der Waals surface area contributed by atoms with Gasteiger partial charge in [-0.25, -0.2) is 0 Å². The highest BCUT2D eigenvalue weighted by molar-refractivity contribution is 6.34. The number of nitrogens with two attached hydrogens (primary N) is 1. The summed E-state index contributed by atoms with van der Waals surface area (Å²) in [6.45, 7) is 0. The first kappa shape index (κ1) is 12.3. The van der Waals surface area contributed by atoms with Gasteiger partial charge < -0.3 is 10.5 Å². The third-order valence-electron chi connectivity index (χ3n) is 1.88. The third-order valence-corrected chi connectivity index (χ3v) is 2.32. The Balaban J connectivity index is 2.76. The van der Waals surface area contributed by atoms with Gasteiger partial charge in [-0.2, -0.15) is 0 Å². The molecule has 0 aliphatic heterocycles. The van der Waals surface area contributed by atoms with Crippen LogP contribution in [0.15, 0.2) is 18.2 Å². The number of halogens is 2. The Labute approximate surface area is 98.1 Å². The van der Waals surface area contributed by atoms with E-state index in [-0.39, 0.29) is 0 Å². The van der Waals surface area contributed by atoms with Crippen molar-refractivity contribution in [1.29, 1.82) is 0 Å². The predicted octanol–water partition coefficient (Wildman–Crippen LogP) is 2.04. The van der Waals surface area contributed by atoms with E-state index in [9.17, 15) is 4.79 Å². The average Bonchev–Trinajstić information content (AvgIpc) is 2.14. The first-order valence-corrected chi connectivity index (χ1v) is 5.07. The summed E-state index contributed by atoms with van der Waals surface area (Å²) in [5.41, 5.74) is 6.41. The fourth-order valence-corrected chi connectivity index (χ4v) is 1.79. The zero-order chi connectivity index (χ0) is 11.4. The van der Waals surface area contributed by atoms with E-state index in [0.29, 0.717) is 16.5 Å². The van der Waals surface area contributed by atoms with Crippen molar-refractivity contribution in [2.75, 3.05) is 7.11 Å². The topological polar surface area (TPSA) is 52.3 Å². The number of rotatable bonds is 3. The lowest BCUT2D eigenvalue weighted by Gasteiger charge is -2.09. The summed E-state index contributed by atoms with van der Waals surface area (Å²) in [6, 6.07) is 4.37. The van der Waals surface area contributed by atoms with E-state index in [1.807, 2.05) is 0 Å². The van der Waals surface area contributed by atoms with Crippen LogP contribution in [0, 0.1) is 0 Å². The van der Waals surface area contributed by atoms with Crippen molar-refractivity contribution >= 4 is 29.2 Å². The van der Waals surface area contributed by atoms with E-state index in [2.05, 4.69) is 4.74 Å².